The van der Waals surface area contributed by atoms with E-state index in [1.165, 1.54) is 4.90 Å². The molecule has 0 spiro atoms. The fourth-order valence-electron chi connectivity index (χ4n) is 1.71. The molecule has 2 amide bonds. The molecule has 1 saturated heterocycles. The minimum absolute atomic E-state index is 0.0715. The zero-order valence-corrected chi connectivity index (χ0v) is 8.99. The third-order valence-electron chi connectivity index (χ3n) is 2.62. The van der Waals surface area contributed by atoms with Crippen LogP contribution in [0.2, 0.25) is 0 Å². The number of anilines is 1. The molecule has 0 bridgehead atoms. The fourth-order valence-corrected chi connectivity index (χ4v) is 1.71. The Kier molecular flexibility index (Phi) is 3.23. The molecular formula is C11H12F2N2O2. The lowest BCUT2D eigenvalue weighted by molar-refractivity contribution is 0.176. The quantitative estimate of drug-likeness (QED) is 0.785. The second-order valence-corrected chi connectivity index (χ2v) is 3.94. The number of nitrogens with one attached hydrogen (secondary N) is 1. The van der Waals surface area contributed by atoms with E-state index in [-0.39, 0.29) is 12.2 Å². The summed E-state index contributed by atoms with van der Waals surface area (Å²) in [5, 5.41) is 11.6. The van der Waals surface area contributed by atoms with Gasteiger partial charge in [0.15, 0.2) is 0 Å². The van der Waals surface area contributed by atoms with Crippen LogP contribution in [0.5, 0.6) is 0 Å². The van der Waals surface area contributed by atoms with Crippen molar-refractivity contribution in [2.45, 2.75) is 12.5 Å². The minimum Gasteiger partial charge on any atom is -0.391 e. The van der Waals surface area contributed by atoms with Crippen LogP contribution in [0.3, 0.4) is 0 Å². The number of halogens is 2. The molecule has 1 aromatic rings. The number of hydrogen-bond donors (Lipinski definition) is 2. The summed E-state index contributed by atoms with van der Waals surface area (Å²) < 4.78 is 25.9. The Balaban J connectivity index is 2.03. The zero-order valence-electron chi connectivity index (χ0n) is 8.99. The molecule has 4 nitrogen and oxygen atoms in total. The number of β-amino-alcohol motifs (C(OH)–C–C–N with tert-alkyl or cyclic N) is 1. The molecule has 17 heavy (non-hydrogen) atoms. The molecule has 2 N–H and O–H groups in total. The summed E-state index contributed by atoms with van der Waals surface area (Å²) in [6.45, 7) is 0.657. The zero-order chi connectivity index (χ0) is 12.4. The second-order valence-electron chi connectivity index (χ2n) is 3.94. The number of amides is 2. The van der Waals surface area contributed by atoms with Gasteiger partial charge in [-0.2, -0.15) is 0 Å². The molecule has 1 fully saturated rings. The summed E-state index contributed by atoms with van der Waals surface area (Å²) >= 11 is 0. The van der Waals surface area contributed by atoms with Crippen molar-refractivity contribution in [3.63, 3.8) is 0 Å². The van der Waals surface area contributed by atoms with Gasteiger partial charge in [-0.25, -0.2) is 13.6 Å². The molecule has 1 aliphatic heterocycles. The Labute approximate surface area is 96.8 Å². The van der Waals surface area contributed by atoms with E-state index in [9.17, 15) is 18.7 Å². The third-order valence-corrected chi connectivity index (χ3v) is 2.62. The predicted octanol–water partition coefficient (Wildman–Crippen LogP) is 1.56. The average molecular weight is 242 g/mol. The maximum Gasteiger partial charge on any atom is 0.322 e. The van der Waals surface area contributed by atoms with Crippen LogP contribution in [0.25, 0.3) is 0 Å². The number of carbonyl (C=O) groups is 1. The van der Waals surface area contributed by atoms with Gasteiger partial charge < -0.3 is 15.3 Å². The Morgan fingerprint density at radius 1 is 1.47 bits per heavy atom. The Bertz CT molecular complexity index is 439. The maximum atomic E-state index is 13.3. The van der Waals surface area contributed by atoms with Gasteiger partial charge in [0.05, 0.1) is 11.8 Å². The Morgan fingerprint density at radius 3 is 2.82 bits per heavy atom. The molecule has 6 heteroatoms. The van der Waals surface area contributed by atoms with E-state index in [0.717, 1.165) is 12.1 Å². The smallest absolute Gasteiger partial charge is 0.322 e. The van der Waals surface area contributed by atoms with Crippen LogP contribution in [0.4, 0.5) is 19.3 Å². The largest absolute Gasteiger partial charge is 0.391 e. The normalized spacial score (nSPS) is 19.5. The summed E-state index contributed by atoms with van der Waals surface area (Å²) in [5.41, 5.74) is -0.0715. The van der Waals surface area contributed by atoms with Crippen LogP contribution in [0.15, 0.2) is 18.2 Å². The number of nitrogens with zero attached hydrogens (tertiary/aromatic N) is 1. The van der Waals surface area contributed by atoms with Crippen molar-refractivity contribution < 1.29 is 18.7 Å². The molecule has 0 aliphatic carbocycles. The van der Waals surface area contributed by atoms with Gasteiger partial charge in [0.2, 0.25) is 0 Å². The van der Waals surface area contributed by atoms with Gasteiger partial charge in [0.25, 0.3) is 0 Å². The molecule has 1 atom stereocenters. The number of benzene rings is 1. The monoisotopic (exact) mass is 242 g/mol. The van der Waals surface area contributed by atoms with E-state index < -0.39 is 23.8 Å². The molecule has 1 aliphatic rings. The lowest BCUT2D eigenvalue weighted by Crippen LogP contribution is -2.33. The van der Waals surface area contributed by atoms with E-state index in [1.54, 1.807) is 0 Å². The molecule has 1 aromatic carbocycles. The lowest BCUT2D eigenvalue weighted by atomic mass is 10.3. The molecule has 0 unspecified atom stereocenters. The number of aliphatic hydroxyl groups is 1. The van der Waals surface area contributed by atoms with Crippen LogP contribution in [0, 0.1) is 11.6 Å². The highest BCUT2D eigenvalue weighted by Gasteiger charge is 2.24. The molecule has 0 aromatic heterocycles. The topological polar surface area (TPSA) is 52.6 Å². The van der Waals surface area contributed by atoms with E-state index in [0.29, 0.717) is 19.0 Å². The Morgan fingerprint density at radius 2 is 2.24 bits per heavy atom. The first kappa shape index (κ1) is 11.8. The molecule has 92 valence electrons. The molecule has 1 heterocycles. The lowest BCUT2D eigenvalue weighted by Gasteiger charge is -2.16. The fraction of sp³-hybridized carbons (Fsp3) is 0.364. The van der Waals surface area contributed by atoms with Crippen molar-refractivity contribution in [3.05, 3.63) is 29.8 Å². The van der Waals surface area contributed by atoms with Gasteiger partial charge in [-0.3, -0.25) is 0 Å². The number of aliphatic hydroxyl groups excluding tert-OH is 1. The van der Waals surface area contributed by atoms with Crippen LogP contribution in [-0.4, -0.2) is 35.2 Å². The van der Waals surface area contributed by atoms with Gasteiger partial charge in [-0.05, 0) is 18.6 Å². The van der Waals surface area contributed by atoms with Crippen LogP contribution >= 0.6 is 0 Å². The van der Waals surface area contributed by atoms with Crippen molar-refractivity contribution in [3.8, 4) is 0 Å². The minimum atomic E-state index is -0.821. The first-order chi connectivity index (χ1) is 8.06. The molecule has 0 saturated carbocycles. The van der Waals surface area contributed by atoms with Gasteiger partial charge in [-0.1, -0.05) is 0 Å². The molecule has 2 rings (SSSR count). The average Bonchev–Trinajstić information content (AvgIpc) is 2.69. The highest BCUT2D eigenvalue weighted by Crippen LogP contribution is 2.17. The first-order valence-corrected chi connectivity index (χ1v) is 5.25. The van der Waals surface area contributed by atoms with E-state index in [2.05, 4.69) is 5.32 Å². The summed E-state index contributed by atoms with van der Waals surface area (Å²) in [4.78, 5) is 13.0. The van der Waals surface area contributed by atoms with E-state index >= 15 is 0 Å². The number of rotatable bonds is 1. The summed E-state index contributed by atoms with van der Waals surface area (Å²) in [5.74, 6) is -1.52. The molecule has 0 radical (unpaired) electrons. The number of likely N-dealkylation sites (tertiary alicyclic amines) is 1. The van der Waals surface area contributed by atoms with Gasteiger partial charge >= 0.3 is 6.03 Å². The van der Waals surface area contributed by atoms with E-state index in [1.807, 2.05) is 0 Å². The maximum absolute atomic E-state index is 13.3. The van der Waals surface area contributed by atoms with Crippen molar-refractivity contribution in [2.75, 3.05) is 18.4 Å². The van der Waals surface area contributed by atoms with Gasteiger partial charge in [-0.15, -0.1) is 0 Å². The van der Waals surface area contributed by atoms with Crippen molar-refractivity contribution in [2.24, 2.45) is 0 Å². The first-order valence-electron chi connectivity index (χ1n) is 5.25. The van der Waals surface area contributed by atoms with Crippen molar-refractivity contribution >= 4 is 11.7 Å². The third kappa shape index (κ3) is 2.71. The predicted molar refractivity (Wildman–Crippen MR) is 57.6 cm³/mol. The highest BCUT2D eigenvalue weighted by atomic mass is 19.1. The highest BCUT2D eigenvalue weighted by molar-refractivity contribution is 5.89. The summed E-state index contributed by atoms with van der Waals surface area (Å²) in [7, 11) is 0. The van der Waals surface area contributed by atoms with Crippen LogP contribution < -0.4 is 5.32 Å². The van der Waals surface area contributed by atoms with Gasteiger partial charge in [0, 0.05) is 19.2 Å². The summed E-state index contributed by atoms with van der Waals surface area (Å²) in [6.07, 6.45) is -0.0157. The standard InChI is InChI=1S/C11H12F2N2O2/c12-7-1-2-10(9(13)5-7)14-11(17)15-4-3-8(16)6-15/h1-2,5,8,16H,3-4,6H2,(H,14,17)/t8-/m1/s1. The van der Waals surface area contributed by atoms with Crippen LogP contribution in [-0.2, 0) is 0 Å². The van der Waals surface area contributed by atoms with Crippen molar-refractivity contribution in [1.29, 1.82) is 0 Å². The Hall–Kier alpha value is -1.69. The van der Waals surface area contributed by atoms with E-state index in [4.69, 9.17) is 0 Å². The second kappa shape index (κ2) is 4.67. The van der Waals surface area contributed by atoms with Gasteiger partial charge in [0.1, 0.15) is 11.6 Å². The van der Waals surface area contributed by atoms with Crippen LogP contribution in [0.1, 0.15) is 6.42 Å². The number of carbonyl (C=O) groups excluding carboxylic acids is 1. The van der Waals surface area contributed by atoms with Crippen molar-refractivity contribution in [1.82, 2.24) is 4.90 Å². The molecular weight excluding hydrogens is 230 g/mol. The number of hydrogen-bond acceptors (Lipinski definition) is 2. The number of urea groups is 1. The SMILES string of the molecule is O=C(Nc1ccc(F)cc1F)N1CC[C@@H](O)C1. The summed E-state index contributed by atoms with van der Waals surface area (Å²) in [6, 6.07) is 2.44.